The average Bonchev–Trinajstić information content (AvgIpc) is 2.40. The van der Waals surface area contributed by atoms with E-state index in [1.165, 1.54) is 49.9 Å². The van der Waals surface area contributed by atoms with E-state index in [4.69, 9.17) is 0 Å². The predicted molar refractivity (Wildman–Crippen MR) is 77.0 cm³/mol. The highest BCUT2D eigenvalue weighted by Gasteiger charge is 2.22. The molecule has 0 spiro atoms. The van der Waals surface area contributed by atoms with E-state index in [2.05, 4.69) is 36.9 Å². The number of hydrogen-bond acceptors (Lipinski definition) is 2. The fourth-order valence-electron chi connectivity index (χ4n) is 3.09. The zero-order chi connectivity index (χ0) is 13.0. The van der Waals surface area contributed by atoms with E-state index in [-0.39, 0.29) is 6.61 Å². The summed E-state index contributed by atoms with van der Waals surface area (Å²) in [6.45, 7) is 5.75. The molecule has 0 saturated carbocycles. The summed E-state index contributed by atoms with van der Waals surface area (Å²) in [7, 11) is 0. The summed E-state index contributed by atoms with van der Waals surface area (Å²) in [6.07, 6.45) is 6.56. The van der Waals surface area contributed by atoms with Crippen molar-refractivity contribution in [3.05, 3.63) is 29.3 Å². The molecule has 0 bridgehead atoms. The molecular weight excluding hydrogens is 222 g/mol. The molecule has 2 nitrogen and oxygen atoms in total. The van der Waals surface area contributed by atoms with Gasteiger partial charge in [0.2, 0.25) is 0 Å². The summed E-state index contributed by atoms with van der Waals surface area (Å²) in [6, 6.07) is 7.07. The van der Waals surface area contributed by atoms with Gasteiger partial charge in [-0.05, 0) is 49.8 Å². The Kier molecular flexibility index (Phi) is 4.65. The molecule has 1 atom stereocenters. The van der Waals surface area contributed by atoms with E-state index in [1.807, 2.05) is 0 Å². The van der Waals surface area contributed by atoms with E-state index in [1.54, 1.807) is 0 Å². The highest BCUT2D eigenvalue weighted by molar-refractivity contribution is 5.55. The lowest BCUT2D eigenvalue weighted by Crippen LogP contribution is -2.39. The first-order valence-corrected chi connectivity index (χ1v) is 7.23. The molecule has 100 valence electrons. The van der Waals surface area contributed by atoms with Gasteiger partial charge in [-0.25, -0.2) is 0 Å². The maximum absolute atomic E-state index is 9.19. The number of anilines is 1. The molecule has 1 aromatic rings. The van der Waals surface area contributed by atoms with E-state index in [0.717, 1.165) is 5.56 Å². The van der Waals surface area contributed by atoms with Crippen molar-refractivity contribution < 1.29 is 5.11 Å². The lowest BCUT2D eigenvalue weighted by molar-refractivity contribution is 0.282. The Labute approximate surface area is 111 Å². The van der Waals surface area contributed by atoms with Crippen LogP contribution >= 0.6 is 0 Å². The maximum Gasteiger partial charge on any atom is 0.0681 e. The number of aliphatic hydroxyl groups is 1. The van der Waals surface area contributed by atoms with Crippen LogP contribution in [0.25, 0.3) is 0 Å². The molecule has 1 unspecified atom stereocenters. The Morgan fingerprint density at radius 1 is 1.33 bits per heavy atom. The van der Waals surface area contributed by atoms with Crippen LogP contribution in [0.3, 0.4) is 0 Å². The molecule has 0 radical (unpaired) electrons. The summed E-state index contributed by atoms with van der Waals surface area (Å²) in [5.74, 6) is 0. The Morgan fingerprint density at radius 2 is 2.17 bits per heavy atom. The van der Waals surface area contributed by atoms with Crippen molar-refractivity contribution in [3.8, 4) is 0 Å². The van der Waals surface area contributed by atoms with Crippen LogP contribution < -0.4 is 4.90 Å². The molecule has 0 aromatic heterocycles. The van der Waals surface area contributed by atoms with Crippen LogP contribution in [0.2, 0.25) is 0 Å². The third-order valence-electron chi connectivity index (χ3n) is 4.00. The number of piperidine rings is 1. The first-order valence-electron chi connectivity index (χ1n) is 7.23. The molecule has 1 aliphatic rings. The van der Waals surface area contributed by atoms with Crippen LogP contribution in [-0.2, 0) is 6.61 Å². The highest BCUT2D eigenvalue weighted by atomic mass is 16.3. The lowest BCUT2D eigenvalue weighted by atomic mass is 9.96. The fraction of sp³-hybridized carbons (Fsp3) is 0.625. The van der Waals surface area contributed by atoms with Crippen molar-refractivity contribution in [2.45, 2.75) is 58.6 Å². The van der Waals surface area contributed by atoms with Crippen molar-refractivity contribution in [3.63, 3.8) is 0 Å². The first-order chi connectivity index (χ1) is 8.76. The van der Waals surface area contributed by atoms with Gasteiger partial charge in [0.1, 0.15) is 0 Å². The van der Waals surface area contributed by atoms with Gasteiger partial charge < -0.3 is 10.0 Å². The quantitative estimate of drug-likeness (QED) is 0.878. The van der Waals surface area contributed by atoms with E-state index in [0.29, 0.717) is 6.04 Å². The second-order valence-electron chi connectivity index (χ2n) is 5.41. The SMILES string of the molecule is CCCC1CCCCN1c1ccc(CO)cc1C. The molecule has 1 aliphatic heterocycles. The van der Waals surface area contributed by atoms with Crippen molar-refractivity contribution in [1.29, 1.82) is 0 Å². The molecule has 1 fully saturated rings. The fourth-order valence-corrected chi connectivity index (χ4v) is 3.09. The number of hydrogen-bond donors (Lipinski definition) is 1. The summed E-state index contributed by atoms with van der Waals surface area (Å²) < 4.78 is 0. The molecule has 0 amide bonds. The second kappa shape index (κ2) is 6.24. The van der Waals surface area contributed by atoms with Gasteiger partial charge in [-0.3, -0.25) is 0 Å². The molecule has 2 heteroatoms. The summed E-state index contributed by atoms with van der Waals surface area (Å²) >= 11 is 0. The van der Waals surface area contributed by atoms with Gasteiger partial charge in [0.15, 0.2) is 0 Å². The Hall–Kier alpha value is -1.02. The average molecular weight is 247 g/mol. The molecule has 1 heterocycles. The van der Waals surface area contributed by atoms with Gasteiger partial charge in [0.25, 0.3) is 0 Å². The molecular formula is C16H25NO. The number of benzene rings is 1. The first kappa shape index (κ1) is 13.4. The third kappa shape index (κ3) is 2.86. The minimum Gasteiger partial charge on any atom is -0.392 e. The molecule has 2 rings (SSSR count). The van der Waals surface area contributed by atoms with Gasteiger partial charge >= 0.3 is 0 Å². The molecule has 0 aliphatic carbocycles. The monoisotopic (exact) mass is 247 g/mol. The Morgan fingerprint density at radius 3 is 2.83 bits per heavy atom. The Balaban J connectivity index is 2.22. The van der Waals surface area contributed by atoms with Crippen LogP contribution in [0.5, 0.6) is 0 Å². The van der Waals surface area contributed by atoms with E-state index < -0.39 is 0 Å². The van der Waals surface area contributed by atoms with Crippen LogP contribution in [0.1, 0.15) is 50.2 Å². The number of aryl methyl sites for hydroxylation is 1. The third-order valence-corrected chi connectivity index (χ3v) is 4.00. The summed E-state index contributed by atoms with van der Waals surface area (Å²) in [5, 5.41) is 9.19. The molecule has 1 aromatic carbocycles. The molecule has 1 saturated heterocycles. The summed E-state index contributed by atoms with van der Waals surface area (Å²) in [4.78, 5) is 2.59. The zero-order valence-corrected chi connectivity index (χ0v) is 11.7. The van der Waals surface area contributed by atoms with E-state index in [9.17, 15) is 5.11 Å². The van der Waals surface area contributed by atoms with Gasteiger partial charge in [-0.15, -0.1) is 0 Å². The normalized spacial score (nSPS) is 20.2. The molecule has 18 heavy (non-hydrogen) atoms. The number of rotatable bonds is 4. The lowest BCUT2D eigenvalue weighted by Gasteiger charge is -2.38. The second-order valence-corrected chi connectivity index (χ2v) is 5.41. The van der Waals surface area contributed by atoms with Gasteiger partial charge in [0.05, 0.1) is 6.61 Å². The maximum atomic E-state index is 9.19. The minimum absolute atomic E-state index is 0.138. The number of nitrogens with zero attached hydrogens (tertiary/aromatic N) is 1. The van der Waals surface area contributed by atoms with Gasteiger partial charge in [0, 0.05) is 18.3 Å². The topological polar surface area (TPSA) is 23.5 Å². The van der Waals surface area contributed by atoms with Crippen molar-refractivity contribution in [2.24, 2.45) is 0 Å². The van der Waals surface area contributed by atoms with Crippen LogP contribution in [0, 0.1) is 6.92 Å². The number of aliphatic hydroxyl groups excluding tert-OH is 1. The molecule has 1 N–H and O–H groups in total. The van der Waals surface area contributed by atoms with E-state index >= 15 is 0 Å². The highest BCUT2D eigenvalue weighted by Crippen LogP contribution is 2.30. The Bertz CT molecular complexity index is 387. The smallest absolute Gasteiger partial charge is 0.0681 e. The van der Waals surface area contributed by atoms with Crippen LogP contribution in [0.15, 0.2) is 18.2 Å². The van der Waals surface area contributed by atoms with Crippen LogP contribution in [0.4, 0.5) is 5.69 Å². The minimum atomic E-state index is 0.138. The predicted octanol–water partition coefficient (Wildman–Crippen LogP) is 3.65. The van der Waals surface area contributed by atoms with Crippen molar-refractivity contribution in [1.82, 2.24) is 0 Å². The van der Waals surface area contributed by atoms with Crippen LogP contribution in [-0.4, -0.2) is 17.7 Å². The van der Waals surface area contributed by atoms with Crippen molar-refractivity contribution >= 4 is 5.69 Å². The summed E-state index contributed by atoms with van der Waals surface area (Å²) in [5.41, 5.74) is 3.68. The van der Waals surface area contributed by atoms with Gasteiger partial charge in [-0.1, -0.05) is 25.5 Å². The largest absolute Gasteiger partial charge is 0.392 e. The zero-order valence-electron chi connectivity index (χ0n) is 11.7. The van der Waals surface area contributed by atoms with Crippen molar-refractivity contribution in [2.75, 3.05) is 11.4 Å². The van der Waals surface area contributed by atoms with Gasteiger partial charge in [-0.2, -0.15) is 0 Å². The standard InChI is InChI=1S/C16H25NO/c1-3-6-15-7-4-5-10-17(15)16-9-8-14(12-18)11-13(16)2/h8-9,11,15,18H,3-7,10,12H2,1-2H3.